The van der Waals surface area contributed by atoms with Gasteiger partial charge in [0.05, 0.1) is 0 Å². The molecule has 3 nitrogen and oxygen atoms in total. The maximum atomic E-state index is 11.2. The summed E-state index contributed by atoms with van der Waals surface area (Å²) in [4.78, 5) is 11.2. The number of ether oxygens (including phenoxy) is 1. The Bertz CT molecular complexity index is 713. The molecular weight excluding hydrogens is 252 g/mol. The second-order valence-corrected chi connectivity index (χ2v) is 4.50. The number of carbonyl (C=O) groups is 1. The van der Waals surface area contributed by atoms with Crippen molar-refractivity contribution in [1.29, 1.82) is 0 Å². The summed E-state index contributed by atoms with van der Waals surface area (Å²) in [5, 5.41) is 11.2. The smallest absolute Gasteiger partial charge is 0.371 e. The van der Waals surface area contributed by atoms with E-state index >= 15 is 0 Å². The maximum absolute atomic E-state index is 11.2. The van der Waals surface area contributed by atoms with Crippen LogP contribution in [-0.2, 0) is 9.53 Å². The van der Waals surface area contributed by atoms with Gasteiger partial charge in [-0.05, 0) is 23.4 Å². The normalized spacial score (nSPS) is 20.7. The first kappa shape index (κ1) is 11.1. The van der Waals surface area contributed by atoms with Crippen LogP contribution in [0.4, 0.5) is 0 Å². The fourth-order valence-electron chi connectivity index (χ4n) is 2.18. The van der Waals surface area contributed by atoms with E-state index in [0.717, 1.165) is 10.8 Å². The summed E-state index contributed by atoms with van der Waals surface area (Å²) in [6.07, 6.45) is 4.90. The molecule has 0 saturated heterocycles. The van der Waals surface area contributed by atoms with Crippen LogP contribution >= 0.6 is 11.6 Å². The van der Waals surface area contributed by atoms with Crippen molar-refractivity contribution in [3.8, 4) is 0 Å². The Hall–Kier alpha value is -2.00. The van der Waals surface area contributed by atoms with Crippen LogP contribution in [0.1, 0.15) is 0 Å². The van der Waals surface area contributed by atoms with Gasteiger partial charge in [-0.3, -0.25) is 0 Å². The molecule has 18 heavy (non-hydrogen) atoms. The molecule has 0 aromatic heterocycles. The summed E-state index contributed by atoms with van der Waals surface area (Å²) in [6, 6.07) is 7.27. The van der Waals surface area contributed by atoms with Crippen molar-refractivity contribution in [1.82, 2.24) is 0 Å². The highest BCUT2D eigenvalue weighted by atomic mass is 35.5. The largest absolute Gasteiger partial charge is 0.475 e. The molecule has 0 radical (unpaired) electrons. The Labute approximate surface area is 108 Å². The van der Waals surface area contributed by atoms with Crippen molar-refractivity contribution in [3.63, 3.8) is 0 Å². The number of carboxylic acid groups (broad SMARTS) is 1. The Kier molecular flexibility index (Phi) is 2.49. The minimum absolute atomic E-state index is 0.0181. The third kappa shape index (κ3) is 1.64. The zero-order valence-corrected chi connectivity index (χ0v) is 10.0. The summed E-state index contributed by atoms with van der Waals surface area (Å²) in [5.74, 6) is -1.08. The summed E-state index contributed by atoms with van der Waals surface area (Å²) in [6.45, 7) is 0. The SMILES string of the molecule is O=C(O)C1=c2ccccc2=C2C=C(Cl)C=CC2O1. The minimum Gasteiger partial charge on any atom is -0.475 e. The highest BCUT2D eigenvalue weighted by Gasteiger charge is 2.25. The number of halogens is 1. The lowest BCUT2D eigenvalue weighted by molar-refractivity contribution is -0.133. The maximum Gasteiger partial charge on any atom is 0.371 e. The molecule has 1 aromatic carbocycles. The van der Waals surface area contributed by atoms with E-state index in [0.29, 0.717) is 10.3 Å². The molecule has 1 N–H and O–H groups in total. The molecule has 1 aliphatic carbocycles. The molecule has 2 aliphatic rings. The molecule has 1 aromatic rings. The molecule has 1 atom stereocenters. The predicted octanol–water partition coefficient (Wildman–Crippen LogP) is 1.12. The highest BCUT2D eigenvalue weighted by molar-refractivity contribution is 6.32. The van der Waals surface area contributed by atoms with Gasteiger partial charge in [0.1, 0.15) is 6.10 Å². The molecule has 3 rings (SSSR count). The van der Waals surface area contributed by atoms with Gasteiger partial charge in [0.15, 0.2) is 0 Å². The predicted molar refractivity (Wildman–Crippen MR) is 68.1 cm³/mol. The van der Waals surface area contributed by atoms with Crippen molar-refractivity contribution in [2.75, 3.05) is 0 Å². The fraction of sp³-hybridized carbons (Fsp3) is 0.0714. The first-order chi connectivity index (χ1) is 8.66. The Balaban J connectivity index is 2.43. The first-order valence-corrected chi connectivity index (χ1v) is 5.83. The van der Waals surface area contributed by atoms with Gasteiger partial charge in [0.2, 0.25) is 5.76 Å². The molecule has 0 bridgehead atoms. The third-order valence-corrected chi connectivity index (χ3v) is 3.19. The summed E-state index contributed by atoms with van der Waals surface area (Å²) in [5.41, 5.74) is 0.892. The average molecular weight is 261 g/mol. The number of hydrogen-bond acceptors (Lipinski definition) is 2. The van der Waals surface area contributed by atoms with E-state index in [4.69, 9.17) is 16.3 Å². The van der Waals surface area contributed by atoms with Crippen LogP contribution < -0.4 is 10.4 Å². The van der Waals surface area contributed by atoms with Crippen molar-refractivity contribution < 1.29 is 14.6 Å². The Morgan fingerprint density at radius 3 is 2.72 bits per heavy atom. The number of aliphatic carboxylic acids is 1. The monoisotopic (exact) mass is 260 g/mol. The molecule has 0 fully saturated rings. The Morgan fingerprint density at radius 2 is 2.00 bits per heavy atom. The van der Waals surface area contributed by atoms with Crippen LogP contribution in [0.5, 0.6) is 0 Å². The van der Waals surface area contributed by atoms with E-state index in [1.165, 1.54) is 0 Å². The van der Waals surface area contributed by atoms with Crippen LogP contribution in [0.3, 0.4) is 0 Å². The summed E-state index contributed by atoms with van der Waals surface area (Å²) in [7, 11) is 0. The van der Waals surface area contributed by atoms with E-state index < -0.39 is 5.97 Å². The molecule has 1 unspecified atom stereocenters. The number of rotatable bonds is 1. The van der Waals surface area contributed by atoms with Crippen LogP contribution in [0.2, 0.25) is 0 Å². The first-order valence-electron chi connectivity index (χ1n) is 5.46. The van der Waals surface area contributed by atoms with Gasteiger partial charge >= 0.3 is 5.97 Å². The highest BCUT2D eigenvalue weighted by Crippen LogP contribution is 2.24. The lowest BCUT2D eigenvalue weighted by Crippen LogP contribution is -2.40. The van der Waals surface area contributed by atoms with Crippen LogP contribution in [0, 0.1) is 0 Å². The van der Waals surface area contributed by atoms with Gasteiger partial charge in [-0.2, -0.15) is 0 Å². The van der Waals surface area contributed by atoms with Crippen molar-refractivity contribution >= 4 is 28.9 Å². The molecular formula is C14H9ClO3. The standard InChI is InChI=1S/C14H9ClO3/c15-8-5-6-12-11(7-8)9-3-1-2-4-10(9)13(18-12)14(16)17/h1-7,12H,(H,16,17). The van der Waals surface area contributed by atoms with E-state index in [1.807, 2.05) is 18.2 Å². The van der Waals surface area contributed by atoms with Gasteiger partial charge < -0.3 is 9.84 Å². The van der Waals surface area contributed by atoms with Crippen LogP contribution in [0.15, 0.2) is 47.5 Å². The third-order valence-electron chi connectivity index (χ3n) is 2.95. The summed E-state index contributed by atoms with van der Waals surface area (Å²) >= 11 is 5.98. The van der Waals surface area contributed by atoms with Gasteiger partial charge in [-0.25, -0.2) is 4.79 Å². The zero-order valence-electron chi connectivity index (χ0n) is 9.26. The van der Waals surface area contributed by atoms with Crippen molar-refractivity contribution in [3.05, 3.63) is 58.0 Å². The Morgan fingerprint density at radius 1 is 1.28 bits per heavy atom. The number of fused-ring (bicyclic) bond motifs is 2. The molecule has 1 heterocycles. The molecule has 0 saturated carbocycles. The second-order valence-electron chi connectivity index (χ2n) is 4.06. The van der Waals surface area contributed by atoms with Gasteiger partial charge in [0.25, 0.3) is 0 Å². The van der Waals surface area contributed by atoms with Gasteiger partial charge in [0, 0.05) is 15.8 Å². The van der Waals surface area contributed by atoms with Crippen molar-refractivity contribution in [2.45, 2.75) is 6.10 Å². The number of carboxylic acids is 1. The second kappa shape index (κ2) is 4.03. The molecule has 4 heteroatoms. The van der Waals surface area contributed by atoms with Crippen molar-refractivity contribution in [2.24, 2.45) is 0 Å². The zero-order chi connectivity index (χ0) is 12.7. The average Bonchev–Trinajstić information content (AvgIpc) is 2.37. The molecule has 90 valence electrons. The van der Waals surface area contributed by atoms with Gasteiger partial charge in [-0.15, -0.1) is 0 Å². The molecule has 1 aliphatic heterocycles. The topological polar surface area (TPSA) is 46.5 Å². The number of allylic oxidation sites excluding steroid dienone is 2. The van der Waals surface area contributed by atoms with E-state index in [9.17, 15) is 9.90 Å². The van der Waals surface area contributed by atoms with Crippen LogP contribution in [0.25, 0.3) is 11.3 Å². The quantitative estimate of drug-likeness (QED) is 0.823. The minimum atomic E-state index is -1.06. The number of benzene rings is 1. The van der Waals surface area contributed by atoms with Gasteiger partial charge in [-0.1, -0.05) is 35.9 Å². The molecule has 0 amide bonds. The molecule has 0 spiro atoms. The van der Waals surface area contributed by atoms with E-state index in [2.05, 4.69) is 0 Å². The lowest BCUT2D eigenvalue weighted by Gasteiger charge is -2.24. The fourth-order valence-corrected chi connectivity index (χ4v) is 2.37. The van der Waals surface area contributed by atoms with E-state index in [-0.39, 0.29) is 11.9 Å². The van der Waals surface area contributed by atoms with Crippen LogP contribution in [-0.4, -0.2) is 17.2 Å². The van der Waals surface area contributed by atoms with E-state index in [1.54, 1.807) is 24.3 Å². The lowest BCUT2D eigenvalue weighted by atomic mass is 9.98. The number of hydrogen-bond donors (Lipinski definition) is 1. The summed E-state index contributed by atoms with van der Waals surface area (Å²) < 4.78 is 5.52.